The number of ether oxygens (including phenoxy) is 1. The Bertz CT molecular complexity index is 552. The predicted molar refractivity (Wildman–Crippen MR) is 73.8 cm³/mol. The second-order valence-electron chi connectivity index (χ2n) is 4.54. The molecule has 2 aromatic rings. The van der Waals surface area contributed by atoms with Gasteiger partial charge in [0, 0.05) is 5.56 Å². The van der Waals surface area contributed by atoms with E-state index >= 15 is 0 Å². The quantitative estimate of drug-likeness (QED) is 0.835. The maximum atomic E-state index is 5.82. The highest BCUT2D eigenvalue weighted by atomic mass is 16.5. The Morgan fingerprint density at radius 2 is 2.21 bits per heavy atom. The minimum absolute atomic E-state index is 0.263. The van der Waals surface area contributed by atoms with Crippen molar-refractivity contribution in [3.05, 3.63) is 18.2 Å². The molecule has 1 aromatic heterocycles. The smallest absolute Gasteiger partial charge is 0.182 e. The van der Waals surface area contributed by atoms with Gasteiger partial charge in [0.1, 0.15) is 5.75 Å². The molecule has 6 nitrogen and oxygen atoms in total. The van der Waals surface area contributed by atoms with Crippen LogP contribution < -0.4 is 10.5 Å². The fourth-order valence-electron chi connectivity index (χ4n) is 2.07. The van der Waals surface area contributed by atoms with Crippen molar-refractivity contribution in [3.63, 3.8) is 0 Å². The van der Waals surface area contributed by atoms with Crippen LogP contribution in [0.25, 0.3) is 11.4 Å². The highest BCUT2D eigenvalue weighted by molar-refractivity contribution is 5.65. The van der Waals surface area contributed by atoms with Crippen molar-refractivity contribution in [1.82, 2.24) is 20.2 Å². The first-order valence-electron chi connectivity index (χ1n) is 6.39. The number of nitrogen functional groups attached to an aromatic ring is 1. The van der Waals surface area contributed by atoms with Crippen LogP contribution in [0.2, 0.25) is 0 Å². The summed E-state index contributed by atoms with van der Waals surface area (Å²) in [6.45, 7) is 4.25. The maximum Gasteiger partial charge on any atom is 0.182 e. The van der Waals surface area contributed by atoms with Crippen molar-refractivity contribution >= 4 is 5.69 Å². The van der Waals surface area contributed by atoms with Crippen molar-refractivity contribution in [2.45, 2.75) is 32.7 Å². The lowest BCUT2D eigenvalue weighted by molar-refractivity contribution is 0.417. The molecule has 102 valence electrons. The molecule has 0 amide bonds. The van der Waals surface area contributed by atoms with Crippen molar-refractivity contribution < 1.29 is 4.74 Å². The van der Waals surface area contributed by atoms with Crippen LogP contribution in [-0.2, 0) is 0 Å². The van der Waals surface area contributed by atoms with E-state index in [0.717, 1.165) is 24.2 Å². The second-order valence-corrected chi connectivity index (χ2v) is 4.54. The molecule has 0 spiro atoms. The van der Waals surface area contributed by atoms with Gasteiger partial charge in [-0.25, -0.2) is 4.68 Å². The number of aromatic nitrogens is 4. The van der Waals surface area contributed by atoms with Gasteiger partial charge < -0.3 is 10.5 Å². The van der Waals surface area contributed by atoms with Crippen molar-refractivity contribution in [2.24, 2.45) is 0 Å². The Hall–Kier alpha value is -2.11. The Labute approximate surface area is 112 Å². The molecule has 0 bridgehead atoms. The Morgan fingerprint density at radius 1 is 1.42 bits per heavy atom. The van der Waals surface area contributed by atoms with Crippen LogP contribution in [0.15, 0.2) is 18.2 Å². The summed E-state index contributed by atoms with van der Waals surface area (Å²) in [6, 6.07) is 5.82. The second kappa shape index (κ2) is 5.69. The fourth-order valence-corrected chi connectivity index (χ4v) is 2.07. The third-order valence-corrected chi connectivity index (χ3v) is 3.11. The Morgan fingerprint density at radius 3 is 2.89 bits per heavy atom. The molecule has 0 saturated carbocycles. The predicted octanol–water partition coefficient (Wildman–Crippen LogP) is 2.29. The van der Waals surface area contributed by atoms with E-state index in [4.69, 9.17) is 10.5 Å². The molecule has 0 aliphatic rings. The first-order valence-corrected chi connectivity index (χ1v) is 6.39. The molecule has 6 heteroatoms. The van der Waals surface area contributed by atoms with Crippen LogP contribution in [0.5, 0.6) is 5.75 Å². The summed E-state index contributed by atoms with van der Waals surface area (Å²) in [5.74, 6) is 1.37. The minimum Gasteiger partial charge on any atom is -0.495 e. The van der Waals surface area contributed by atoms with E-state index in [2.05, 4.69) is 29.4 Å². The van der Waals surface area contributed by atoms with Crippen molar-refractivity contribution in [2.75, 3.05) is 12.8 Å². The topological polar surface area (TPSA) is 78.9 Å². The van der Waals surface area contributed by atoms with Gasteiger partial charge in [0.05, 0.1) is 18.8 Å². The molecule has 1 unspecified atom stereocenters. The lowest BCUT2D eigenvalue weighted by atomic mass is 10.1. The zero-order valence-electron chi connectivity index (χ0n) is 11.5. The van der Waals surface area contributed by atoms with E-state index in [1.165, 1.54) is 0 Å². The van der Waals surface area contributed by atoms with Crippen LogP contribution in [-0.4, -0.2) is 27.3 Å². The number of benzene rings is 1. The summed E-state index contributed by atoms with van der Waals surface area (Å²) in [5.41, 5.74) is 7.32. The summed E-state index contributed by atoms with van der Waals surface area (Å²) >= 11 is 0. The van der Waals surface area contributed by atoms with Crippen LogP contribution in [0.4, 0.5) is 5.69 Å². The van der Waals surface area contributed by atoms with Gasteiger partial charge in [-0.3, -0.25) is 0 Å². The van der Waals surface area contributed by atoms with Crippen LogP contribution in [0.1, 0.15) is 32.7 Å². The van der Waals surface area contributed by atoms with E-state index < -0.39 is 0 Å². The number of anilines is 1. The highest BCUT2D eigenvalue weighted by Crippen LogP contribution is 2.28. The van der Waals surface area contributed by atoms with E-state index in [9.17, 15) is 0 Å². The molecule has 1 aromatic carbocycles. The minimum atomic E-state index is 0.263. The van der Waals surface area contributed by atoms with E-state index in [1.54, 1.807) is 13.2 Å². The van der Waals surface area contributed by atoms with Gasteiger partial charge in [0.2, 0.25) is 0 Å². The number of tetrazole rings is 1. The van der Waals surface area contributed by atoms with Crippen LogP contribution >= 0.6 is 0 Å². The van der Waals surface area contributed by atoms with Gasteiger partial charge in [-0.2, -0.15) is 0 Å². The molecule has 0 aliphatic heterocycles. The summed E-state index contributed by atoms with van der Waals surface area (Å²) in [6.07, 6.45) is 2.12. The standard InChI is InChI=1S/C13H19N5O/c1-4-5-9(2)18-13(15-16-17-18)10-6-7-11(14)12(8-10)19-3/h6-9H,4-5,14H2,1-3H3. The molecule has 1 atom stereocenters. The third-order valence-electron chi connectivity index (χ3n) is 3.11. The van der Waals surface area contributed by atoms with Gasteiger partial charge in [-0.05, 0) is 42.0 Å². The van der Waals surface area contributed by atoms with Crippen LogP contribution in [0, 0.1) is 0 Å². The molecule has 19 heavy (non-hydrogen) atoms. The molecular formula is C13H19N5O. The zero-order valence-corrected chi connectivity index (χ0v) is 11.5. The molecule has 2 rings (SSSR count). The number of hydrogen-bond acceptors (Lipinski definition) is 5. The zero-order chi connectivity index (χ0) is 13.8. The first kappa shape index (κ1) is 13.3. The van der Waals surface area contributed by atoms with E-state index in [0.29, 0.717) is 11.4 Å². The monoisotopic (exact) mass is 261 g/mol. The molecule has 0 radical (unpaired) electrons. The Kier molecular flexibility index (Phi) is 3.99. The molecule has 2 N–H and O–H groups in total. The number of rotatable bonds is 5. The normalized spacial score (nSPS) is 12.4. The van der Waals surface area contributed by atoms with Crippen molar-refractivity contribution in [3.8, 4) is 17.1 Å². The summed E-state index contributed by atoms with van der Waals surface area (Å²) in [5, 5.41) is 11.9. The Balaban J connectivity index is 2.39. The fraction of sp³-hybridized carbons (Fsp3) is 0.462. The van der Waals surface area contributed by atoms with E-state index in [-0.39, 0.29) is 6.04 Å². The SMILES string of the molecule is CCCC(C)n1nnnc1-c1ccc(N)c(OC)c1. The summed E-state index contributed by atoms with van der Waals surface area (Å²) in [4.78, 5) is 0. The third kappa shape index (κ3) is 2.67. The van der Waals surface area contributed by atoms with Gasteiger partial charge in [-0.15, -0.1) is 5.10 Å². The summed E-state index contributed by atoms with van der Waals surface area (Å²) in [7, 11) is 1.60. The maximum absolute atomic E-state index is 5.82. The highest BCUT2D eigenvalue weighted by Gasteiger charge is 2.15. The molecule has 0 saturated heterocycles. The van der Waals surface area contributed by atoms with Gasteiger partial charge >= 0.3 is 0 Å². The van der Waals surface area contributed by atoms with E-state index in [1.807, 2.05) is 16.8 Å². The molecule has 0 fully saturated rings. The van der Waals surface area contributed by atoms with Crippen LogP contribution in [0.3, 0.4) is 0 Å². The molecular weight excluding hydrogens is 242 g/mol. The molecule has 1 heterocycles. The summed E-state index contributed by atoms with van der Waals surface area (Å²) < 4.78 is 7.07. The lowest BCUT2D eigenvalue weighted by Crippen LogP contribution is -2.09. The lowest BCUT2D eigenvalue weighted by Gasteiger charge is -2.13. The first-order chi connectivity index (χ1) is 9.17. The number of hydrogen-bond donors (Lipinski definition) is 1. The largest absolute Gasteiger partial charge is 0.495 e. The van der Waals surface area contributed by atoms with Crippen molar-refractivity contribution in [1.29, 1.82) is 0 Å². The van der Waals surface area contributed by atoms with Gasteiger partial charge in [0.25, 0.3) is 0 Å². The average molecular weight is 261 g/mol. The number of methoxy groups -OCH3 is 1. The van der Waals surface area contributed by atoms with Gasteiger partial charge in [0.15, 0.2) is 5.82 Å². The average Bonchev–Trinajstić information content (AvgIpc) is 2.89. The van der Waals surface area contributed by atoms with Gasteiger partial charge in [-0.1, -0.05) is 13.3 Å². The molecule has 0 aliphatic carbocycles. The number of nitrogens with two attached hydrogens (primary N) is 1. The number of nitrogens with zero attached hydrogens (tertiary/aromatic N) is 4.